The Balaban J connectivity index is 0.00000124. The highest BCUT2D eigenvalue weighted by Gasteiger charge is 2.10. The molecule has 0 amide bonds. The molecule has 0 unspecified atom stereocenters. The molecule has 152 valence electrons. The average molecular weight is 417 g/mol. The molecule has 2 aromatic heterocycles. The lowest BCUT2D eigenvalue weighted by molar-refractivity contribution is 0.102. The molecule has 0 radical (unpaired) electrons. The molecular weight excluding hydrogens is 392 g/mol. The van der Waals surface area contributed by atoms with E-state index < -0.39 is 0 Å². The molecule has 0 saturated carbocycles. The fraction of sp³-hybridized carbons (Fsp3) is 0.208. The van der Waals surface area contributed by atoms with Gasteiger partial charge in [-0.2, -0.15) is 5.26 Å². The summed E-state index contributed by atoms with van der Waals surface area (Å²) in [4.78, 5) is 16.7. The first kappa shape index (κ1) is 21.3. The van der Waals surface area contributed by atoms with Crippen molar-refractivity contribution < 1.29 is 4.79 Å². The van der Waals surface area contributed by atoms with E-state index in [0.29, 0.717) is 18.7 Å². The molecule has 0 aliphatic carbocycles. The maximum Gasteiger partial charge on any atom is 0.169 e. The van der Waals surface area contributed by atoms with E-state index in [1.54, 1.807) is 6.92 Å². The third kappa shape index (κ3) is 4.76. The number of thiophene rings is 1. The van der Waals surface area contributed by atoms with Crippen molar-refractivity contribution >= 4 is 32.9 Å². The molecular formula is C24H24N4OS. The number of nitriles is 1. The van der Waals surface area contributed by atoms with Crippen molar-refractivity contribution in [1.82, 2.24) is 9.55 Å². The Kier molecular flexibility index (Phi) is 6.99. The monoisotopic (exact) mass is 416 g/mol. The summed E-state index contributed by atoms with van der Waals surface area (Å²) in [6.07, 6.45) is 3.67. The second-order valence-electron chi connectivity index (χ2n) is 6.56. The SMILES string of the molecule is CC.CC(=O)c1cc2c(NCc3cncn3Cc3ccc(C#N)cc3)cccc2s1. The number of carbonyl (C=O) groups excluding carboxylic acids is 1. The number of imidazole rings is 1. The first-order valence-electron chi connectivity index (χ1n) is 9.89. The minimum atomic E-state index is 0.0904. The fourth-order valence-corrected chi connectivity index (χ4v) is 4.08. The predicted molar refractivity (Wildman–Crippen MR) is 123 cm³/mol. The Morgan fingerprint density at radius 2 is 1.97 bits per heavy atom. The number of rotatable bonds is 6. The minimum absolute atomic E-state index is 0.0904. The normalized spacial score (nSPS) is 10.2. The number of fused-ring (bicyclic) bond motifs is 1. The van der Waals surface area contributed by atoms with Gasteiger partial charge in [-0.1, -0.05) is 32.0 Å². The van der Waals surface area contributed by atoms with Crippen LogP contribution in [0, 0.1) is 11.3 Å². The summed E-state index contributed by atoms with van der Waals surface area (Å²) in [5, 5.41) is 13.5. The van der Waals surface area contributed by atoms with E-state index in [1.807, 2.05) is 74.9 Å². The van der Waals surface area contributed by atoms with Crippen LogP contribution < -0.4 is 5.32 Å². The Labute approximate surface area is 180 Å². The molecule has 0 atom stereocenters. The van der Waals surface area contributed by atoms with Crippen LogP contribution in [0.3, 0.4) is 0 Å². The van der Waals surface area contributed by atoms with Gasteiger partial charge in [0.2, 0.25) is 0 Å². The number of nitrogens with one attached hydrogen (secondary N) is 1. The Morgan fingerprint density at radius 3 is 2.67 bits per heavy atom. The number of Topliss-reactive ketones (excluding diaryl/α,β-unsaturated/α-hetero) is 1. The van der Waals surface area contributed by atoms with Crippen LogP contribution in [-0.2, 0) is 13.1 Å². The summed E-state index contributed by atoms with van der Waals surface area (Å²) in [6, 6.07) is 17.7. The summed E-state index contributed by atoms with van der Waals surface area (Å²) < 4.78 is 3.18. The summed E-state index contributed by atoms with van der Waals surface area (Å²) in [6.45, 7) is 6.92. The Bertz CT molecular complexity index is 1180. The second kappa shape index (κ2) is 9.86. The second-order valence-corrected chi connectivity index (χ2v) is 7.64. The van der Waals surface area contributed by atoms with E-state index in [4.69, 9.17) is 5.26 Å². The first-order valence-corrected chi connectivity index (χ1v) is 10.7. The topological polar surface area (TPSA) is 70.7 Å². The molecule has 1 N–H and O–H groups in total. The van der Waals surface area contributed by atoms with E-state index in [-0.39, 0.29) is 5.78 Å². The zero-order valence-corrected chi connectivity index (χ0v) is 18.2. The quantitative estimate of drug-likeness (QED) is 0.400. The van der Waals surface area contributed by atoms with Crippen LogP contribution in [0.2, 0.25) is 0 Å². The summed E-state index contributed by atoms with van der Waals surface area (Å²) in [7, 11) is 0. The molecule has 0 aliphatic heterocycles. The number of nitrogens with zero attached hydrogens (tertiary/aromatic N) is 3. The van der Waals surface area contributed by atoms with Crippen molar-refractivity contribution in [1.29, 1.82) is 5.26 Å². The molecule has 0 fully saturated rings. The molecule has 4 aromatic rings. The molecule has 6 heteroatoms. The van der Waals surface area contributed by atoms with Crippen molar-refractivity contribution in [3.63, 3.8) is 0 Å². The molecule has 0 spiro atoms. The van der Waals surface area contributed by atoms with Gasteiger partial charge in [0.1, 0.15) is 0 Å². The zero-order valence-electron chi connectivity index (χ0n) is 17.3. The maximum atomic E-state index is 11.7. The van der Waals surface area contributed by atoms with E-state index in [9.17, 15) is 4.79 Å². The van der Waals surface area contributed by atoms with Crippen LogP contribution in [-0.4, -0.2) is 15.3 Å². The van der Waals surface area contributed by atoms with E-state index >= 15 is 0 Å². The molecule has 0 bridgehead atoms. The van der Waals surface area contributed by atoms with Crippen molar-refractivity contribution in [2.45, 2.75) is 33.9 Å². The molecule has 5 nitrogen and oxygen atoms in total. The summed E-state index contributed by atoms with van der Waals surface area (Å²) in [5.41, 5.74) is 3.84. The van der Waals surface area contributed by atoms with E-state index in [0.717, 1.165) is 31.9 Å². The molecule has 0 aliphatic rings. The van der Waals surface area contributed by atoms with Crippen molar-refractivity contribution in [3.05, 3.63) is 82.8 Å². The number of ketones is 1. The number of hydrogen-bond donors (Lipinski definition) is 1. The minimum Gasteiger partial charge on any atom is -0.379 e. The number of aromatic nitrogens is 2. The van der Waals surface area contributed by atoms with Gasteiger partial charge in [-0.25, -0.2) is 4.98 Å². The van der Waals surface area contributed by atoms with Gasteiger partial charge < -0.3 is 9.88 Å². The van der Waals surface area contributed by atoms with Crippen LogP contribution in [0.25, 0.3) is 10.1 Å². The standard InChI is InChI=1S/C22H18N4OS.C2H6/c1-15(27)22-9-19-20(3-2-4-21(19)28-22)25-12-18-11-24-14-26(18)13-17-7-5-16(10-23)6-8-17;1-2/h2-9,11,14,25H,12-13H2,1H3;1-2H3. The molecule has 0 saturated heterocycles. The Hall–Kier alpha value is -3.43. The first-order chi connectivity index (χ1) is 14.6. The number of anilines is 1. The largest absolute Gasteiger partial charge is 0.379 e. The number of benzene rings is 2. The highest BCUT2D eigenvalue weighted by Crippen LogP contribution is 2.31. The number of hydrogen-bond acceptors (Lipinski definition) is 5. The van der Waals surface area contributed by atoms with Gasteiger partial charge in [-0.3, -0.25) is 4.79 Å². The molecule has 2 aromatic carbocycles. The van der Waals surface area contributed by atoms with Crippen LogP contribution in [0.1, 0.15) is 47.3 Å². The lowest BCUT2D eigenvalue weighted by Crippen LogP contribution is -2.08. The fourth-order valence-electron chi connectivity index (χ4n) is 3.09. The predicted octanol–water partition coefficient (Wildman–Crippen LogP) is 5.86. The van der Waals surface area contributed by atoms with Gasteiger partial charge in [0, 0.05) is 28.5 Å². The summed E-state index contributed by atoms with van der Waals surface area (Å²) in [5.74, 6) is 0.0904. The molecule has 2 heterocycles. The highest BCUT2D eigenvalue weighted by molar-refractivity contribution is 7.20. The average Bonchev–Trinajstić information content (AvgIpc) is 3.41. The lowest BCUT2D eigenvalue weighted by Gasteiger charge is -2.11. The maximum absolute atomic E-state index is 11.7. The van der Waals surface area contributed by atoms with Crippen LogP contribution in [0.5, 0.6) is 0 Å². The lowest BCUT2D eigenvalue weighted by atomic mass is 10.1. The third-order valence-corrected chi connectivity index (χ3v) is 5.80. The smallest absolute Gasteiger partial charge is 0.169 e. The van der Waals surface area contributed by atoms with Crippen LogP contribution >= 0.6 is 11.3 Å². The van der Waals surface area contributed by atoms with Crippen molar-refractivity contribution in [2.24, 2.45) is 0 Å². The van der Waals surface area contributed by atoms with Gasteiger partial charge in [-0.15, -0.1) is 11.3 Å². The third-order valence-electron chi connectivity index (χ3n) is 4.60. The van der Waals surface area contributed by atoms with E-state index in [2.05, 4.69) is 20.9 Å². The zero-order chi connectivity index (χ0) is 21.5. The van der Waals surface area contributed by atoms with Crippen molar-refractivity contribution in [3.8, 4) is 6.07 Å². The van der Waals surface area contributed by atoms with Crippen LogP contribution in [0.15, 0.2) is 61.1 Å². The highest BCUT2D eigenvalue weighted by atomic mass is 32.1. The van der Waals surface area contributed by atoms with Gasteiger partial charge in [0.25, 0.3) is 0 Å². The van der Waals surface area contributed by atoms with Gasteiger partial charge in [0.15, 0.2) is 5.78 Å². The van der Waals surface area contributed by atoms with Crippen LogP contribution in [0.4, 0.5) is 5.69 Å². The molecule has 30 heavy (non-hydrogen) atoms. The van der Waals surface area contributed by atoms with Gasteiger partial charge >= 0.3 is 0 Å². The molecule has 4 rings (SSSR count). The summed E-state index contributed by atoms with van der Waals surface area (Å²) >= 11 is 1.52. The van der Waals surface area contributed by atoms with Gasteiger partial charge in [-0.05, 0) is 42.8 Å². The van der Waals surface area contributed by atoms with Gasteiger partial charge in [0.05, 0.1) is 35.1 Å². The Morgan fingerprint density at radius 1 is 1.20 bits per heavy atom. The number of carbonyl (C=O) groups is 1. The van der Waals surface area contributed by atoms with E-state index in [1.165, 1.54) is 11.3 Å². The van der Waals surface area contributed by atoms with Crippen molar-refractivity contribution in [2.75, 3.05) is 5.32 Å².